The Hall–Kier alpha value is -8.69. The summed E-state index contributed by atoms with van der Waals surface area (Å²) in [5.41, 5.74) is 26.4. The van der Waals surface area contributed by atoms with E-state index in [0.717, 1.165) is 59.8 Å². The van der Waals surface area contributed by atoms with E-state index in [1.165, 1.54) is 89.0 Å². The molecule has 370 valence electrons. The molecule has 0 radical (unpaired) electrons. The summed E-state index contributed by atoms with van der Waals surface area (Å²) < 4.78 is 0. The van der Waals surface area contributed by atoms with Gasteiger partial charge in [0.2, 0.25) is 0 Å². The molecule has 0 N–H and O–H groups in total. The number of benzene rings is 11. The number of rotatable bonds is 12. The molecule has 0 fully saturated rings. The molecule has 2 nitrogen and oxygen atoms in total. The van der Waals surface area contributed by atoms with Crippen LogP contribution >= 0.6 is 11.6 Å². The topological polar surface area (TPSA) is 6.48 Å². The summed E-state index contributed by atoms with van der Waals surface area (Å²) in [6.45, 7) is 4.68. The molecule has 3 aliphatic carbocycles. The second-order valence-electron chi connectivity index (χ2n) is 21.0. The molecule has 0 atom stereocenters. The van der Waals surface area contributed by atoms with Crippen molar-refractivity contribution in [3.8, 4) is 55.6 Å². The Morgan fingerprint density at radius 3 is 1.42 bits per heavy atom. The van der Waals surface area contributed by atoms with Crippen molar-refractivity contribution >= 4 is 45.7 Å². The van der Waals surface area contributed by atoms with Crippen LogP contribution in [0.5, 0.6) is 0 Å². The number of hydrogen-bond donors (Lipinski definition) is 0. The molecule has 0 aliphatic heterocycles. The number of nitrogens with zero attached hydrogens (tertiary/aromatic N) is 2. The monoisotopic (exact) mass is 1010 g/mol. The third-order valence-corrected chi connectivity index (χ3v) is 17.2. The molecule has 11 aromatic rings. The van der Waals surface area contributed by atoms with Gasteiger partial charge in [-0.2, -0.15) is 0 Å². The van der Waals surface area contributed by atoms with Gasteiger partial charge >= 0.3 is 0 Å². The highest BCUT2D eigenvalue weighted by molar-refractivity contribution is 6.31. The maximum Gasteiger partial charge on any atom is 0.0746 e. The highest BCUT2D eigenvalue weighted by atomic mass is 35.5. The van der Waals surface area contributed by atoms with Gasteiger partial charge in [0.15, 0.2) is 0 Å². The molecule has 0 bridgehead atoms. The summed E-state index contributed by atoms with van der Waals surface area (Å²) in [5, 5.41) is 0.688. The molecular weight excluding hydrogens is 952 g/mol. The summed E-state index contributed by atoms with van der Waals surface area (Å²) in [4.78, 5) is 4.92. The van der Waals surface area contributed by atoms with E-state index in [2.05, 4.69) is 278 Å². The maximum absolute atomic E-state index is 7.01. The zero-order valence-electron chi connectivity index (χ0n) is 43.4. The summed E-state index contributed by atoms with van der Waals surface area (Å²) in [6, 6.07) is 96.8. The van der Waals surface area contributed by atoms with E-state index < -0.39 is 5.41 Å². The van der Waals surface area contributed by atoms with E-state index >= 15 is 0 Å². The first-order chi connectivity index (χ1) is 38.0. The van der Waals surface area contributed by atoms with Crippen LogP contribution in [0.2, 0.25) is 5.02 Å². The summed E-state index contributed by atoms with van der Waals surface area (Å²) in [7, 11) is 0. The van der Waals surface area contributed by atoms with Gasteiger partial charge in [-0.3, -0.25) is 0 Å². The van der Waals surface area contributed by atoms with Crippen LogP contribution in [0.4, 0.5) is 34.1 Å². The number of fused-ring (bicyclic) bond motifs is 13. The summed E-state index contributed by atoms with van der Waals surface area (Å²) in [6.07, 6.45) is 4.38. The second kappa shape index (κ2) is 18.8. The van der Waals surface area contributed by atoms with Crippen LogP contribution in [0.1, 0.15) is 72.9 Å². The van der Waals surface area contributed by atoms with Gasteiger partial charge in [-0.1, -0.05) is 232 Å². The van der Waals surface area contributed by atoms with Gasteiger partial charge < -0.3 is 9.80 Å². The third-order valence-electron chi connectivity index (χ3n) is 16.9. The molecule has 1 spiro atoms. The first kappa shape index (κ1) is 46.8. The SMILES string of the molecule is CCCC1(CCC)c2ccc(N(c3cccc(Cl)c3)c3cccc(N(c4ccccc4)c4ccc(-c5ccccc5)c5c4C4(c6ccccc6-c6ccccc64)c4ccccc4-5)c3)cc2-c2c(-c3ccccc3)cccc21. The minimum Gasteiger partial charge on any atom is -0.310 e. The van der Waals surface area contributed by atoms with Gasteiger partial charge in [-0.05, 0) is 163 Å². The zero-order chi connectivity index (χ0) is 51.7. The zero-order valence-corrected chi connectivity index (χ0v) is 44.2. The average molecular weight is 1010 g/mol. The van der Waals surface area contributed by atoms with Crippen molar-refractivity contribution < 1.29 is 0 Å². The van der Waals surface area contributed by atoms with Crippen molar-refractivity contribution in [1.29, 1.82) is 0 Å². The van der Waals surface area contributed by atoms with Crippen LogP contribution in [-0.2, 0) is 10.8 Å². The molecular formula is C74H57ClN2. The smallest absolute Gasteiger partial charge is 0.0746 e. The minimum absolute atomic E-state index is 0.0812. The molecule has 0 amide bonds. The van der Waals surface area contributed by atoms with E-state index in [0.29, 0.717) is 5.02 Å². The van der Waals surface area contributed by atoms with Crippen LogP contribution in [0.3, 0.4) is 0 Å². The molecule has 77 heavy (non-hydrogen) atoms. The Balaban J connectivity index is 1.02. The predicted molar refractivity (Wildman–Crippen MR) is 324 cm³/mol. The van der Waals surface area contributed by atoms with Crippen molar-refractivity contribution in [3.05, 3.63) is 299 Å². The average Bonchev–Trinajstić information content (AvgIpc) is 4.02. The van der Waals surface area contributed by atoms with Crippen LogP contribution in [0, 0.1) is 0 Å². The van der Waals surface area contributed by atoms with E-state index in [-0.39, 0.29) is 5.41 Å². The fraction of sp³-hybridized carbons (Fsp3) is 0.108. The fourth-order valence-electron chi connectivity index (χ4n) is 14.1. The van der Waals surface area contributed by atoms with Crippen molar-refractivity contribution in [3.63, 3.8) is 0 Å². The van der Waals surface area contributed by atoms with Gasteiger partial charge in [0.25, 0.3) is 0 Å². The van der Waals surface area contributed by atoms with Crippen molar-refractivity contribution in [2.24, 2.45) is 0 Å². The third kappa shape index (κ3) is 7.16. The number of anilines is 6. The van der Waals surface area contributed by atoms with Crippen molar-refractivity contribution in [2.45, 2.75) is 50.4 Å². The van der Waals surface area contributed by atoms with Gasteiger partial charge in [0, 0.05) is 44.4 Å². The van der Waals surface area contributed by atoms with Gasteiger partial charge in [0.1, 0.15) is 0 Å². The molecule has 0 heterocycles. The van der Waals surface area contributed by atoms with Crippen LogP contribution in [0.15, 0.2) is 261 Å². The molecule has 11 aromatic carbocycles. The highest BCUT2D eigenvalue weighted by Gasteiger charge is 2.54. The first-order valence-electron chi connectivity index (χ1n) is 27.4. The predicted octanol–water partition coefficient (Wildman–Crippen LogP) is 20.8. The van der Waals surface area contributed by atoms with Crippen LogP contribution < -0.4 is 9.80 Å². The Bertz CT molecular complexity index is 4000. The normalized spacial score (nSPS) is 13.5. The molecule has 0 saturated carbocycles. The largest absolute Gasteiger partial charge is 0.310 e. The van der Waals surface area contributed by atoms with Gasteiger partial charge in [-0.15, -0.1) is 0 Å². The van der Waals surface area contributed by atoms with Gasteiger partial charge in [0.05, 0.1) is 11.1 Å². The summed E-state index contributed by atoms with van der Waals surface area (Å²) >= 11 is 7.01. The molecule has 3 aliphatic rings. The number of hydrogen-bond acceptors (Lipinski definition) is 2. The quantitative estimate of drug-likeness (QED) is 0.120. The van der Waals surface area contributed by atoms with Gasteiger partial charge in [-0.25, -0.2) is 0 Å². The first-order valence-corrected chi connectivity index (χ1v) is 27.8. The standard InChI is InChI=1S/C74H57ClN2/c1-3-45-73(46-4-2)64-43-41-57(49-63(64)70-58(36-22-40-68(70)73)50-23-8-5-9-24-50)76(54-30-20-27-52(75)47-54)55-31-21-32-56(48-55)77(53-28-12-7-13-29-53)69-44-42-59(51-25-10-6-11-26-51)71-62-35-16-19-39-67(62)74(72(69)71)65-37-17-14-33-60(65)61-34-15-18-38-66(61)74/h5-44,47-49H,3-4,45-46H2,1-2H3. The Morgan fingerprint density at radius 1 is 0.325 bits per heavy atom. The van der Waals surface area contributed by atoms with E-state index in [4.69, 9.17) is 11.6 Å². The number of halogens is 1. The van der Waals surface area contributed by atoms with Crippen LogP contribution in [-0.4, -0.2) is 0 Å². The molecule has 14 rings (SSSR count). The van der Waals surface area contributed by atoms with E-state index in [9.17, 15) is 0 Å². The Labute approximate surface area is 458 Å². The van der Waals surface area contributed by atoms with Crippen molar-refractivity contribution in [1.82, 2.24) is 0 Å². The lowest BCUT2D eigenvalue weighted by molar-refractivity contribution is 0.436. The lowest BCUT2D eigenvalue weighted by Gasteiger charge is -2.36. The van der Waals surface area contributed by atoms with Crippen molar-refractivity contribution in [2.75, 3.05) is 9.80 Å². The molecule has 0 unspecified atom stereocenters. The minimum atomic E-state index is -0.610. The second-order valence-corrected chi connectivity index (χ2v) is 21.5. The Kier molecular flexibility index (Phi) is 11.5. The highest BCUT2D eigenvalue weighted by Crippen LogP contribution is 2.67. The lowest BCUT2D eigenvalue weighted by Crippen LogP contribution is -2.28. The van der Waals surface area contributed by atoms with E-state index in [1.54, 1.807) is 0 Å². The Morgan fingerprint density at radius 2 is 0.792 bits per heavy atom. The molecule has 0 aromatic heterocycles. The lowest BCUT2D eigenvalue weighted by atomic mass is 9.69. The molecule has 3 heteroatoms. The van der Waals surface area contributed by atoms with E-state index in [1.807, 2.05) is 6.07 Å². The maximum atomic E-state index is 7.01. The number of para-hydroxylation sites is 1. The fourth-order valence-corrected chi connectivity index (χ4v) is 14.3. The van der Waals surface area contributed by atoms with Crippen LogP contribution in [0.25, 0.3) is 55.6 Å². The molecule has 0 saturated heterocycles. The summed E-state index contributed by atoms with van der Waals surface area (Å²) in [5.74, 6) is 0.